The Balaban J connectivity index is 2.55. The monoisotopic (exact) mass is 276 g/mol. The van der Waals surface area contributed by atoms with Gasteiger partial charge in [-0.2, -0.15) is 5.10 Å². The van der Waals surface area contributed by atoms with Crippen LogP contribution in [0.2, 0.25) is 0 Å². The highest BCUT2D eigenvalue weighted by atomic mass is 127. The second kappa shape index (κ2) is 2.77. The molecule has 0 atom stereocenters. The quantitative estimate of drug-likeness (QED) is 0.768. The number of aromatic amines is 1. The van der Waals surface area contributed by atoms with Crippen LogP contribution in [0.15, 0.2) is 16.9 Å². The highest BCUT2D eigenvalue weighted by Crippen LogP contribution is 2.27. The number of nitrogens with zero attached hydrogens (tertiary/aromatic N) is 2. The summed E-state index contributed by atoms with van der Waals surface area (Å²) in [5, 5.41) is 10.1. The molecule has 2 rings (SSSR count). The molecule has 2 heterocycles. The van der Waals surface area contributed by atoms with E-state index in [4.69, 9.17) is 10.3 Å². The standard InChI is InChI=1S/C6H5IN4O/c7-4-5(12-11-6(4)8)3-1-9-10-2-3/h1-2H,(H2,8,11)(H,9,10). The van der Waals surface area contributed by atoms with Crippen molar-refractivity contribution in [1.29, 1.82) is 0 Å². The lowest BCUT2D eigenvalue weighted by molar-refractivity contribution is 0.435. The third kappa shape index (κ3) is 1.07. The molecular weight excluding hydrogens is 271 g/mol. The Morgan fingerprint density at radius 3 is 2.92 bits per heavy atom. The van der Waals surface area contributed by atoms with E-state index in [1.54, 1.807) is 12.4 Å². The van der Waals surface area contributed by atoms with Crippen molar-refractivity contribution in [2.45, 2.75) is 0 Å². The molecule has 12 heavy (non-hydrogen) atoms. The first-order valence-electron chi connectivity index (χ1n) is 3.19. The number of rotatable bonds is 1. The molecule has 3 N–H and O–H groups in total. The number of anilines is 1. The van der Waals surface area contributed by atoms with Gasteiger partial charge in [0.15, 0.2) is 11.6 Å². The number of hydrogen-bond acceptors (Lipinski definition) is 4. The van der Waals surface area contributed by atoms with Gasteiger partial charge in [0.05, 0.1) is 11.8 Å². The van der Waals surface area contributed by atoms with E-state index in [2.05, 4.69) is 37.9 Å². The van der Waals surface area contributed by atoms with E-state index in [9.17, 15) is 0 Å². The van der Waals surface area contributed by atoms with Crippen LogP contribution in [0.1, 0.15) is 0 Å². The number of H-pyrrole nitrogens is 1. The average molecular weight is 276 g/mol. The molecule has 2 aromatic rings. The van der Waals surface area contributed by atoms with E-state index in [-0.39, 0.29) is 0 Å². The maximum atomic E-state index is 5.50. The van der Waals surface area contributed by atoms with Gasteiger partial charge in [0.1, 0.15) is 3.57 Å². The van der Waals surface area contributed by atoms with Crippen molar-refractivity contribution in [3.8, 4) is 11.3 Å². The first kappa shape index (κ1) is 7.59. The van der Waals surface area contributed by atoms with Crippen molar-refractivity contribution in [2.75, 3.05) is 5.73 Å². The Morgan fingerprint density at radius 1 is 1.58 bits per heavy atom. The van der Waals surface area contributed by atoms with Gasteiger partial charge in [-0.15, -0.1) is 0 Å². The lowest BCUT2D eigenvalue weighted by atomic mass is 10.3. The van der Waals surface area contributed by atoms with Crippen LogP contribution in [0.5, 0.6) is 0 Å². The van der Waals surface area contributed by atoms with Crippen LogP contribution in [0.3, 0.4) is 0 Å². The van der Waals surface area contributed by atoms with Crippen molar-refractivity contribution < 1.29 is 4.52 Å². The van der Waals surface area contributed by atoms with Gasteiger partial charge in [-0.3, -0.25) is 5.10 Å². The summed E-state index contributed by atoms with van der Waals surface area (Å²) in [6, 6.07) is 0. The molecule has 0 bridgehead atoms. The van der Waals surface area contributed by atoms with Crippen LogP contribution in [0.25, 0.3) is 11.3 Å². The maximum absolute atomic E-state index is 5.50. The summed E-state index contributed by atoms with van der Waals surface area (Å²) in [7, 11) is 0. The Labute approximate surface area is 81.5 Å². The van der Waals surface area contributed by atoms with Gasteiger partial charge < -0.3 is 10.3 Å². The lowest BCUT2D eigenvalue weighted by Gasteiger charge is -1.86. The first-order valence-corrected chi connectivity index (χ1v) is 4.26. The fraction of sp³-hybridized carbons (Fsp3) is 0. The van der Waals surface area contributed by atoms with Gasteiger partial charge in [-0.25, -0.2) is 0 Å². The first-order chi connectivity index (χ1) is 5.79. The van der Waals surface area contributed by atoms with Gasteiger partial charge in [-0.05, 0) is 22.6 Å². The Bertz CT molecular complexity index is 380. The van der Waals surface area contributed by atoms with Crippen molar-refractivity contribution >= 4 is 28.4 Å². The van der Waals surface area contributed by atoms with E-state index in [1.807, 2.05) is 0 Å². The number of halogens is 1. The predicted octanol–water partition coefficient (Wildman–Crippen LogP) is 1.25. The average Bonchev–Trinajstić information content (AvgIpc) is 2.64. The maximum Gasteiger partial charge on any atom is 0.185 e. The minimum atomic E-state index is 0.409. The molecule has 0 aliphatic heterocycles. The zero-order valence-electron chi connectivity index (χ0n) is 5.91. The van der Waals surface area contributed by atoms with Crippen LogP contribution in [-0.4, -0.2) is 15.4 Å². The third-order valence-corrected chi connectivity index (χ3v) is 2.46. The number of nitrogen functional groups attached to an aromatic ring is 1. The molecule has 0 amide bonds. The molecule has 0 aromatic carbocycles. The Hall–Kier alpha value is -1.05. The van der Waals surface area contributed by atoms with Crippen molar-refractivity contribution in [3.05, 3.63) is 16.0 Å². The SMILES string of the molecule is Nc1noc(-c2cn[nH]c2)c1I. The predicted molar refractivity (Wildman–Crippen MR) is 51.2 cm³/mol. The summed E-state index contributed by atoms with van der Waals surface area (Å²) in [5.74, 6) is 1.06. The fourth-order valence-electron chi connectivity index (χ4n) is 0.846. The molecule has 0 radical (unpaired) electrons. The molecule has 0 spiro atoms. The molecule has 6 heteroatoms. The number of hydrogen-bond donors (Lipinski definition) is 2. The minimum Gasteiger partial charge on any atom is -0.380 e. The van der Waals surface area contributed by atoms with Gasteiger partial charge in [0.25, 0.3) is 0 Å². The van der Waals surface area contributed by atoms with Crippen molar-refractivity contribution in [2.24, 2.45) is 0 Å². The smallest absolute Gasteiger partial charge is 0.185 e. The van der Waals surface area contributed by atoms with E-state index in [1.165, 1.54) is 0 Å². The topological polar surface area (TPSA) is 80.7 Å². The number of aromatic nitrogens is 3. The highest BCUT2D eigenvalue weighted by molar-refractivity contribution is 14.1. The number of nitrogens with two attached hydrogens (primary N) is 1. The van der Waals surface area contributed by atoms with Crippen LogP contribution in [0.4, 0.5) is 5.82 Å². The highest BCUT2D eigenvalue weighted by Gasteiger charge is 2.12. The van der Waals surface area contributed by atoms with Gasteiger partial charge >= 0.3 is 0 Å². The molecule has 5 nitrogen and oxygen atoms in total. The van der Waals surface area contributed by atoms with E-state index >= 15 is 0 Å². The Kier molecular flexibility index (Phi) is 1.75. The Morgan fingerprint density at radius 2 is 2.42 bits per heavy atom. The molecule has 0 fully saturated rings. The third-order valence-electron chi connectivity index (χ3n) is 1.42. The van der Waals surface area contributed by atoms with Gasteiger partial charge in [0, 0.05) is 6.20 Å². The normalized spacial score (nSPS) is 10.4. The second-order valence-electron chi connectivity index (χ2n) is 2.20. The summed E-state index contributed by atoms with van der Waals surface area (Å²) < 4.78 is 5.81. The summed E-state index contributed by atoms with van der Waals surface area (Å²) in [6.45, 7) is 0. The van der Waals surface area contributed by atoms with Crippen LogP contribution >= 0.6 is 22.6 Å². The molecule has 0 saturated heterocycles. The molecule has 0 aliphatic carbocycles. The molecule has 62 valence electrons. The van der Waals surface area contributed by atoms with Crippen molar-refractivity contribution in [1.82, 2.24) is 15.4 Å². The van der Waals surface area contributed by atoms with Crippen LogP contribution < -0.4 is 5.73 Å². The second-order valence-corrected chi connectivity index (χ2v) is 3.28. The van der Waals surface area contributed by atoms with Gasteiger partial charge in [-0.1, -0.05) is 5.16 Å². The van der Waals surface area contributed by atoms with Crippen LogP contribution in [-0.2, 0) is 0 Å². The summed E-state index contributed by atoms with van der Waals surface area (Å²) >= 11 is 2.08. The summed E-state index contributed by atoms with van der Waals surface area (Å²) in [5.41, 5.74) is 6.35. The fourth-order valence-corrected chi connectivity index (χ4v) is 1.35. The van der Waals surface area contributed by atoms with E-state index < -0.39 is 0 Å². The van der Waals surface area contributed by atoms with Crippen molar-refractivity contribution in [3.63, 3.8) is 0 Å². The van der Waals surface area contributed by atoms with Gasteiger partial charge in [0.2, 0.25) is 0 Å². The van der Waals surface area contributed by atoms with Crippen LogP contribution in [0, 0.1) is 3.57 Å². The van der Waals surface area contributed by atoms with E-state index in [0.29, 0.717) is 11.6 Å². The molecule has 0 saturated carbocycles. The molecule has 2 aromatic heterocycles. The summed E-state index contributed by atoms with van der Waals surface area (Å²) in [4.78, 5) is 0. The molecule has 0 unspecified atom stereocenters. The zero-order chi connectivity index (χ0) is 8.55. The lowest BCUT2D eigenvalue weighted by Crippen LogP contribution is -1.85. The zero-order valence-corrected chi connectivity index (χ0v) is 8.07. The minimum absolute atomic E-state index is 0.409. The summed E-state index contributed by atoms with van der Waals surface area (Å²) in [6.07, 6.45) is 3.38. The largest absolute Gasteiger partial charge is 0.380 e. The molecular formula is C6H5IN4O. The van der Waals surface area contributed by atoms with E-state index in [0.717, 1.165) is 9.13 Å². The molecule has 0 aliphatic rings. The number of nitrogens with one attached hydrogen (secondary N) is 1.